The number of hydrogen-bond donors (Lipinski definition) is 1. The van der Waals surface area contributed by atoms with E-state index >= 15 is 0 Å². The monoisotopic (exact) mass is 215 g/mol. The molecule has 1 aromatic rings. The van der Waals surface area contributed by atoms with Crippen molar-refractivity contribution in [1.82, 2.24) is 0 Å². The number of nitriles is 1. The molecule has 2 rings (SSSR count). The number of aliphatic hydroxyl groups excluding tert-OH is 1. The molecule has 1 unspecified atom stereocenters. The smallest absolute Gasteiger partial charge is 0.0976 e. The van der Waals surface area contributed by atoms with E-state index in [1.165, 1.54) is 5.56 Å². The first-order valence-electron chi connectivity index (χ1n) is 5.90. The van der Waals surface area contributed by atoms with Crippen LogP contribution in [0.2, 0.25) is 0 Å². The van der Waals surface area contributed by atoms with Crippen LogP contribution in [0, 0.1) is 16.7 Å². The van der Waals surface area contributed by atoms with Crippen molar-refractivity contribution in [2.75, 3.05) is 0 Å². The van der Waals surface area contributed by atoms with E-state index in [2.05, 4.69) is 13.0 Å². The fourth-order valence-electron chi connectivity index (χ4n) is 2.26. The minimum Gasteiger partial charge on any atom is -0.387 e. The lowest BCUT2D eigenvalue weighted by Gasteiger charge is -2.39. The van der Waals surface area contributed by atoms with Gasteiger partial charge in [-0.3, -0.25) is 0 Å². The third-order valence-corrected chi connectivity index (χ3v) is 3.70. The van der Waals surface area contributed by atoms with Crippen LogP contribution in [-0.4, -0.2) is 5.11 Å². The molecule has 0 saturated heterocycles. The van der Waals surface area contributed by atoms with Crippen LogP contribution in [0.5, 0.6) is 0 Å². The Labute approximate surface area is 96.5 Å². The maximum atomic E-state index is 10.2. The summed E-state index contributed by atoms with van der Waals surface area (Å²) in [5, 5.41) is 19.4. The second-order valence-electron chi connectivity index (χ2n) is 4.62. The van der Waals surface area contributed by atoms with E-state index < -0.39 is 11.5 Å². The average molecular weight is 215 g/mol. The summed E-state index contributed by atoms with van der Waals surface area (Å²) in [4.78, 5) is 0. The van der Waals surface area contributed by atoms with Gasteiger partial charge in [0.25, 0.3) is 0 Å². The summed E-state index contributed by atoms with van der Waals surface area (Å²) in [5.41, 5.74) is 1.61. The fourth-order valence-corrected chi connectivity index (χ4v) is 2.26. The predicted octanol–water partition coefficient (Wildman–Crippen LogP) is 2.98. The van der Waals surface area contributed by atoms with Crippen LogP contribution in [0.25, 0.3) is 0 Å². The van der Waals surface area contributed by atoms with Crippen LogP contribution in [0.4, 0.5) is 0 Å². The molecule has 0 bridgehead atoms. The van der Waals surface area contributed by atoms with Crippen LogP contribution >= 0.6 is 0 Å². The van der Waals surface area contributed by atoms with Crippen molar-refractivity contribution in [2.24, 2.45) is 5.41 Å². The summed E-state index contributed by atoms with van der Waals surface area (Å²) >= 11 is 0. The van der Waals surface area contributed by atoms with Gasteiger partial charge in [0, 0.05) is 0 Å². The number of aliphatic hydroxyl groups is 1. The summed E-state index contributed by atoms with van der Waals surface area (Å²) in [6.45, 7) is 2.11. The highest BCUT2D eigenvalue weighted by Gasteiger charge is 2.44. The minimum absolute atomic E-state index is 0.520. The van der Waals surface area contributed by atoms with Gasteiger partial charge in [-0.25, -0.2) is 0 Å². The zero-order valence-corrected chi connectivity index (χ0v) is 9.61. The lowest BCUT2D eigenvalue weighted by molar-refractivity contribution is 0.00794. The van der Waals surface area contributed by atoms with E-state index in [-0.39, 0.29) is 0 Å². The highest BCUT2D eigenvalue weighted by molar-refractivity contribution is 5.28. The number of aryl methyl sites for hydroxylation is 1. The van der Waals surface area contributed by atoms with Gasteiger partial charge in [0.2, 0.25) is 0 Å². The Morgan fingerprint density at radius 1 is 1.38 bits per heavy atom. The van der Waals surface area contributed by atoms with E-state index in [9.17, 15) is 5.11 Å². The molecule has 1 fully saturated rings. The summed E-state index contributed by atoms with van der Waals surface area (Å²) in [7, 11) is 0. The Balaban J connectivity index is 2.20. The van der Waals surface area contributed by atoms with Crippen LogP contribution in [0.1, 0.15) is 43.4 Å². The molecule has 84 valence electrons. The summed E-state index contributed by atoms with van der Waals surface area (Å²) < 4.78 is 0. The van der Waals surface area contributed by atoms with E-state index in [4.69, 9.17) is 5.26 Å². The zero-order chi connectivity index (χ0) is 11.6. The van der Waals surface area contributed by atoms with Gasteiger partial charge in [0.1, 0.15) is 0 Å². The van der Waals surface area contributed by atoms with Crippen molar-refractivity contribution in [3.63, 3.8) is 0 Å². The minimum atomic E-state index is -0.628. The van der Waals surface area contributed by atoms with Crippen molar-refractivity contribution in [3.8, 4) is 6.07 Å². The molecule has 2 nitrogen and oxygen atoms in total. The average Bonchev–Trinajstić information content (AvgIpc) is 2.28. The van der Waals surface area contributed by atoms with Crippen LogP contribution in [-0.2, 0) is 6.42 Å². The standard InChI is InChI=1S/C14H17NO/c1-2-11-4-6-12(7-5-11)13(16)14(10-15)8-3-9-14/h4-7,13,16H,2-3,8-9H2,1H3. The largest absolute Gasteiger partial charge is 0.387 e. The van der Waals surface area contributed by atoms with Gasteiger partial charge < -0.3 is 5.11 Å². The van der Waals surface area contributed by atoms with Crippen LogP contribution < -0.4 is 0 Å². The van der Waals surface area contributed by atoms with Gasteiger partial charge in [0.15, 0.2) is 0 Å². The van der Waals surface area contributed by atoms with Crippen molar-refractivity contribution in [1.29, 1.82) is 5.26 Å². The van der Waals surface area contributed by atoms with E-state index in [0.717, 1.165) is 31.2 Å². The molecule has 1 aromatic carbocycles. The first-order chi connectivity index (χ1) is 7.72. The highest BCUT2D eigenvalue weighted by atomic mass is 16.3. The van der Waals surface area contributed by atoms with Crippen LogP contribution in [0.3, 0.4) is 0 Å². The molecule has 0 aromatic heterocycles. The molecule has 0 heterocycles. The van der Waals surface area contributed by atoms with Gasteiger partial charge in [-0.05, 0) is 30.4 Å². The first-order valence-corrected chi connectivity index (χ1v) is 5.90. The Morgan fingerprint density at radius 3 is 2.38 bits per heavy atom. The van der Waals surface area contributed by atoms with Gasteiger partial charge in [-0.15, -0.1) is 0 Å². The Morgan fingerprint density at radius 2 is 2.00 bits per heavy atom. The molecule has 1 N–H and O–H groups in total. The lowest BCUT2D eigenvalue weighted by Crippen LogP contribution is -2.34. The summed E-state index contributed by atoms with van der Waals surface area (Å²) in [6.07, 6.45) is 3.06. The van der Waals surface area contributed by atoms with Gasteiger partial charge in [0.05, 0.1) is 17.6 Å². The quantitative estimate of drug-likeness (QED) is 0.842. The van der Waals surface area contributed by atoms with E-state index in [1.54, 1.807) is 0 Å². The molecule has 1 aliphatic rings. The maximum Gasteiger partial charge on any atom is 0.0976 e. The molecule has 0 amide bonds. The molecule has 2 heteroatoms. The molecule has 16 heavy (non-hydrogen) atoms. The molecule has 0 aliphatic heterocycles. The second kappa shape index (κ2) is 4.27. The molecule has 1 aliphatic carbocycles. The van der Waals surface area contributed by atoms with Gasteiger partial charge in [-0.1, -0.05) is 37.6 Å². The lowest BCUT2D eigenvalue weighted by atomic mass is 9.64. The molecule has 0 spiro atoms. The normalized spacial score (nSPS) is 19.6. The molecule has 1 saturated carbocycles. The summed E-state index contributed by atoms with van der Waals surface area (Å²) in [6, 6.07) is 10.2. The SMILES string of the molecule is CCc1ccc(C(O)C2(C#N)CCC2)cc1. The zero-order valence-electron chi connectivity index (χ0n) is 9.61. The molecule has 1 atom stereocenters. The molecular formula is C14H17NO. The van der Waals surface area contributed by atoms with Crippen molar-refractivity contribution in [3.05, 3.63) is 35.4 Å². The van der Waals surface area contributed by atoms with Crippen molar-refractivity contribution < 1.29 is 5.11 Å². The summed E-state index contributed by atoms with van der Waals surface area (Å²) in [5.74, 6) is 0. The van der Waals surface area contributed by atoms with Crippen molar-refractivity contribution in [2.45, 2.75) is 38.7 Å². The predicted molar refractivity (Wildman–Crippen MR) is 62.7 cm³/mol. The second-order valence-corrected chi connectivity index (χ2v) is 4.62. The Bertz CT molecular complexity index is 398. The number of nitrogens with zero attached hydrogens (tertiary/aromatic N) is 1. The highest BCUT2D eigenvalue weighted by Crippen LogP contribution is 2.49. The number of hydrogen-bond acceptors (Lipinski definition) is 2. The Hall–Kier alpha value is -1.33. The topological polar surface area (TPSA) is 44.0 Å². The van der Waals surface area contributed by atoms with Gasteiger partial charge in [-0.2, -0.15) is 5.26 Å². The molecule has 0 radical (unpaired) electrons. The third kappa shape index (κ3) is 1.72. The first kappa shape index (κ1) is 11.2. The van der Waals surface area contributed by atoms with E-state index in [0.29, 0.717) is 0 Å². The number of rotatable bonds is 3. The number of benzene rings is 1. The maximum absolute atomic E-state index is 10.2. The van der Waals surface area contributed by atoms with E-state index in [1.807, 2.05) is 24.3 Å². The van der Waals surface area contributed by atoms with Crippen LogP contribution in [0.15, 0.2) is 24.3 Å². The Kier molecular flexibility index (Phi) is 2.98. The third-order valence-electron chi connectivity index (χ3n) is 3.70. The van der Waals surface area contributed by atoms with Crippen molar-refractivity contribution >= 4 is 0 Å². The molecular weight excluding hydrogens is 198 g/mol. The fraction of sp³-hybridized carbons (Fsp3) is 0.500. The van der Waals surface area contributed by atoms with Gasteiger partial charge >= 0.3 is 0 Å².